The highest BCUT2D eigenvalue weighted by Gasteiger charge is 2.26. The van der Waals surface area contributed by atoms with Crippen LogP contribution in [0.1, 0.15) is 48.7 Å². The molecule has 27 heavy (non-hydrogen) atoms. The minimum Gasteiger partial charge on any atom is -0.618 e. The van der Waals surface area contributed by atoms with Crippen molar-refractivity contribution in [1.29, 1.82) is 0 Å². The Morgan fingerprint density at radius 1 is 1.15 bits per heavy atom. The Morgan fingerprint density at radius 2 is 1.89 bits per heavy atom. The number of pyridine rings is 1. The summed E-state index contributed by atoms with van der Waals surface area (Å²) >= 11 is 1.84. The molecule has 2 aliphatic heterocycles. The molecule has 4 heterocycles. The molecule has 0 radical (unpaired) electrons. The Labute approximate surface area is 167 Å². The molecule has 2 fully saturated rings. The Hall–Kier alpha value is -1.43. The number of piperidine rings is 1. The minimum atomic E-state index is 0.798. The quantitative estimate of drug-likeness (QED) is 0.577. The van der Waals surface area contributed by atoms with Crippen molar-refractivity contribution in [3.8, 4) is 10.4 Å². The van der Waals surface area contributed by atoms with Crippen molar-refractivity contribution in [1.82, 2.24) is 9.80 Å². The van der Waals surface area contributed by atoms with Crippen LogP contribution in [0.15, 0.2) is 24.4 Å². The molecular weight excluding hydrogens is 354 g/mol. The first-order chi connectivity index (χ1) is 13.1. The number of rotatable bonds is 5. The Bertz CT molecular complexity index is 774. The normalized spacial score (nSPS) is 19.8. The zero-order chi connectivity index (χ0) is 18.8. The lowest BCUT2D eigenvalue weighted by Crippen LogP contribution is -2.43. The van der Waals surface area contributed by atoms with Gasteiger partial charge in [-0.3, -0.25) is 4.90 Å². The predicted molar refractivity (Wildman–Crippen MR) is 112 cm³/mol. The zero-order valence-electron chi connectivity index (χ0n) is 16.6. The van der Waals surface area contributed by atoms with Crippen molar-refractivity contribution in [2.24, 2.45) is 0 Å². The van der Waals surface area contributed by atoms with E-state index in [2.05, 4.69) is 34.9 Å². The van der Waals surface area contributed by atoms with E-state index in [4.69, 9.17) is 0 Å². The van der Waals surface area contributed by atoms with E-state index in [1.807, 2.05) is 18.3 Å². The maximum Gasteiger partial charge on any atom is 0.198 e. The third-order valence-electron chi connectivity index (χ3n) is 6.26. The molecular formula is C22H31N3OS. The summed E-state index contributed by atoms with van der Waals surface area (Å²) in [6.07, 6.45) is 8.00. The third kappa shape index (κ3) is 4.20. The lowest BCUT2D eigenvalue weighted by Gasteiger charge is -2.36. The molecule has 0 aliphatic carbocycles. The first kappa shape index (κ1) is 18.9. The first-order valence-corrected chi connectivity index (χ1v) is 11.2. The van der Waals surface area contributed by atoms with E-state index in [9.17, 15) is 5.21 Å². The van der Waals surface area contributed by atoms with Crippen LogP contribution in [0, 0.1) is 12.1 Å². The molecule has 2 aromatic rings. The van der Waals surface area contributed by atoms with Gasteiger partial charge < -0.3 is 10.1 Å². The van der Waals surface area contributed by atoms with Crippen molar-refractivity contribution in [2.75, 3.05) is 26.2 Å². The number of hydrogen-bond donors (Lipinski definition) is 0. The van der Waals surface area contributed by atoms with Crippen LogP contribution in [0.4, 0.5) is 0 Å². The second-order valence-electron chi connectivity index (χ2n) is 8.04. The van der Waals surface area contributed by atoms with Crippen LogP contribution in [0.3, 0.4) is 0 Å². The topological polar surface area (TPSA) is 33.4 Å². The highest BCUT2D eigenvalue weighted by Crippen LogP contribution is 2.31. The van der Waals surface area contributed by atoms with Gasteiger partial charge in [0.05, 0.1) is 5.56 Å². The summed E-state index contributed by atoms with van der Waals surface area (Å²) in [6, 6.07) is 7.44. The average molecular weight is 386 g/mol. The summed E-state index contributed by atoms with van der Waals surface area (Å²) in [6.45, 7) is 10.1. The molecule has 0 bridgehead atoms. The third-order valence-corrected chi connectivity index (χ3v) is 7.37. The monoisotopic (exact) mass is 385 g/mol. The van der Waals surface area contributed by atoms with Crippen LogP contribution in [0.5, 0.6) is 0 Å². The number of hydrogen-bond acceptors (Lipinski definition) is 4. The smallest absolute Gasteiger partial charge is 0.198 e. The standard InChI is InChI=1S/C22H31N3OS/c1-3-18-14-21(17(2)25(26)15-18)22-7-6-20(27-22)16-23-12-8-19(9-13-23)24-10-4-5-11-24/h6-7,14-15,19H,3-5,8-13,16H2,1-2H3. The SMILES string of the molecule is CCc1cc(-c2ccc(CN3CCC(N4CCCC4)CC3)s2)c(C)[n+]([O-])c1. The van der Waals surface area contributed by atoms with Gasteiger partial charge in [0, 0.05) is 47.9 Å². The molecule has 0 atom stereocenters. The highest BCUT2D eigenvalue weighted by atomic mass is 32.1. The van der Waals surface area contributed by atoms with Crippen LogP contribution in [-0.4, -0.2) is 42.0 Å². The van der Waals surface area contributed by atoms with Crippen molar-refractivity contribution < 1.29 is 4.73 Å². The Kier molecular flexibility index (Phi) is 5.81. The zero-order valence-corrected chi connectivity index (χ0v) is 17.4. The minimum absolute atomic E-state index is 0.798. The first-order valence-electron chi connectivity index (χ1n) is 10.4. The van der Waals surface area contributed by atoms with Gasteiger partial charge in [-0.1, -0.05) is 6.92 Å². The molecule has 0 saturated carbocycles. The predicted octanol–water partition coefficient (Wildman–Crippen LogP) is 3.98. The summed E-state index contributed by atoms with van der Waals surface area (Å²) < 4.78 is 1.02. The van der Waals surface area contributed by atoms with Crippen LogP contribution < -0.4 is 4.73 Å². The highest BCUT2D eigenvalue weighted by molar-refractivity contribution is 7.15. The van der Waals surface area contributed by atoms with Gasteiger partial charge in [0.25, 0.3) is 0 Å². The maximum atomic E-state index is 12.2. The summed E-state index contributed by atoms with van der Waals surface area (Å²) in [5.74, 6) is 0. The van der Waals surface area contributed by atoms with Crippen LogP contribution in [0.2, 0.25) is 0 Å². The van der Waals surface area contributed by atoms with Crippen LogP contribution in [0.25, 0.3) is 10.4 Å². The van der Waals surface area contributed by atoms with E-state index in [1.165, 1.54) is 61.6 Å². The molecule has 146 valence electrons. The molecule has 2 saturated heterocycles. The average Bonchev–Trinajstić information content (AvgIpc) is 3.37. The summed E-state index contributed by atoms with van der Waals surface area (Å²) in [4.78, 5) is 7.94. The Balaban J connectivity index is 1.40. The molecule has 4 rings (SSSR count). The molecule has 0 spiro atoms. The maximum absolute atomic E-state index is 12.2. The summed E-state index contributed by atoms with van der Waals surface area (Å²) in [5.41, 5.74) is 2.99. The molecule has 5 heteroatoms. The lowest BCUT2D eigenvalue weighted by atomic mass is 10.0. The van der Waals surface area contributed by atoms with E-state index < -0.39 is 0 Å². The number of thiophene rings is 1. The number of aryl methyl sites for hydroxylation is 1. The molecule has 0 amide bonds. The molecule has 0 N–H and O–H groups in total. The fourth-order valence-electron chi connectivity index (χ4n) is 4.51. The largest absolute Gasteiger partial charge is 0.618 e. The van der Waals surface area contributed by atoms with E-state index in [-0.39, 0.29) is 0 Å². The fourth-order valence-corrected chi connectivity index (χ4v) is 5.63. The van der Waals surface area contributed by atoms with Gasteiger partial charge in [-0.05, 0) is 63.4 Å². The lowest BCUT2D eigenvalue weighted by molar-refractivity contribution is -0.612. The van der Waals surface area contributed by atoms with E-state index in [0.29, 0.717) is 0 Å². The van der Waals surface area contributed by atoms with Crippen LogP contribution >= 0.6 is 11.3 Å². The van der Waals surface area contributed by atoms with Gasteiger partial charge in [0.1, 0.15) is 0 Å². The van der Waals surface area contributed by atoms with E-state index >= 15 is 0 Å². The summed E-state index contributed by atoms with van der Waals surface area (Å²) in [7, 11) is 0. The number of likely N-dealkylation sites (tertiary alicyclic amines) is 2. The van der Waals surface area contributed by atoms with Gasteiger partial charge in [-0.25, -0.2) is 0 Å². The molecule has 2 aromatic heterocycles. The van der Waals surface area contributed by atoms with Crippen molar-refractivity contribution in [2.45, 2.75) is 58.5 Å². The number of aromatic nitrogens is 1. The van der Waals surface area contributed by atoms with Crippen molar-refractivity contribution in [3.63, 3.8) is 0 Å². The molecule has 4 nitrogen and oxygen atoms in total. The van der Waals surface area contributed by atoms with Gasteiger partial charge in [-0.2, -0.15) is 4.73 Å². The summed E-state index contributed by atoms with van der Waals surface area (Å²) in [5, 5.41) is 12.2. The number of nitrogens with zero attached hydrogens (tertiary/aromatic N) is 3. The van der Waals surface area contributed by atoms with E-state index in [0.717, 1.165) is 40.6 Å². The van der Waals surface area contributed by atoms with Crippen molar-refractivity contribution >= 4 is 11.3 Å². The molecule has 0 unspecified atom stereocenters. The van der Waals surface area contributed by atoms with Gasteiger partial charge in [0.15, 0.2) is 11.9 Å². The second kappa shape index (κ2) is 8.29. The van der Waals surface area contributed by atoms with Gasteiger partial charge >= 0.3 is 0 Å². The molecule has 0 aromatic carbocycles. The van der Waals surface area contributed by atoms with Gasteiger partial charge in [-0.15, -0.1) is 11.3 Å². The Morgan fingerprint density at radius 3 is 2.59 bits per heavy atom. The molecule has 2 aliphatic rings. The van der Waals surface area contributed by atoms with Crippen molar-refractivity contribution in [3.05, 3.63) is 45.7 Å². The fraction of sp³-hybridized carbons (Fsp3) is 0.591. The van der Waals surface area contributed by atoms with Gasteiger partial charge in [0.2, 0.25) is 0 Å². The van der Waals surface area contributed by atoms with E-state index in [1.54, 1.807) is 6.20 Å². The second-order valence-corrected chi connectivity index (χ2v) is 9.21. The van der Waals surface area contributed by atoms with Crippen LogP contribution in [-0.2, 0) is 13.0 Å².